The number of fused-ring (bicyclic) bond motifs is 5. The molecule has 1 saturated heterocycles. The Morgan fingerprint density at radius 1 is 1.05 bits per heavy atom. The van der Waals surface area contributed by atoms with Crippen LogP contribution in [0.15, 0.2) is 53.6 Å². The molecule has 216 valence electrons. The van der Waals surface area contributed by atoms with E-state index in [-0.39, 0.29) is 17.3 Å². The summed E-state index contributed by atoms with van der Waals surface area (Å²) >= 11 is 1.52. The Kier molecular flexibility index (Phi) is 6.78. The SMILES string of the molecule is CN1CCN(c2ccc(Nc3cc(-c4ccc(F)c(NC(=O)c5cc6c(s5)[C@@H]5CC[C@@H]6C5)n4)cn(C)c3=O)nc2)CC1. The van der Waals surface area contributed by atoms with Gasteiger partial charge < -0.3 is 25.0 Å². The zero-order valence-corrected chi connectivity index (χ0v) is 24.4. The van der Waals surface area contributed by atoms with Crippen LogP contribution >= 0.6 is 11.3 Å². The number of thiophene rings is 1. The second kappa shape index (κ2) is 10.6. The third-order valence-corrected chi connectivity index (χ3v) is 10.0. The van der Waals surface area contributed by atoms with Crippen LogP contribution in [0.25, 0.3) is 11.3 Å². The van der Waals surface area contributed by atoms with Gasteiger partial charge in [0, 0.05) is 49.9 Å². The minimum absolute atomic E-state index is 0.140. The molecule has 2 aliphatic carbocycles. The van der Waals surface area contributed by atoms with E-state index in [9.17, 15) is 14.0 Å². The number of hydrogen-bond acceptors (Lipinski definition) is 8. The van der Waals surface area contributed by atoms with E-state index >= 15 is 0 Å². The van der Waals surface area contributed by atoms with Crippen molar-refractivity contribution in [3.05, 3.63) is 80.3 Å². The van der Waals surface area contributed by atoms with Crippen molar-refractivity contribution in [1.29, 1.82) is 0 Å². The van der Waals surface area contributed by atoms with E-state index in [1.54, 1.807) is 19.3 Å². The fourth-order valence-electron chi connectivity index (χ4n) is 6.32. The highest BCUT2D eigenvalue weighted by Gasteiger charge is 2.39. The van der Waals surface area contributed by atoms with Gasteiger partial charge in [0.15, 0.2) is 11.6 Å². The Morgan fingerprint density at radius 2 is 1.86 bits per heavy atom. The maximum absolute atomic E-state index is 14.8. The standard InChI is InChI=1S/C31H32FN7O2S/c1-37-9-11-39(12-10-37)21-5-8-27(33-16-21)34-25-14-20(17-38(2)31(25)41)24-7-6-23(32)29(35-24)36-30(40)26-15-22-18-3-4-19(13-18)28(22)42-26/h5-8,14-19H,3-4,9-13H2,1-2H3,(H,33,34)(H,35,36,40)/t18-,19-/m1/s1. The smallest absolute Gasteiger partial charge is 0.274 e. The summed E-state index contributed by atoms with van der Waals surface area (Å²) in [5, 5.41) is 5.80. The van der Waals surface area contributed by atoms with Crippen LogP contribution < -0.4 is 21.1 Å². The molecule has 2 N–H and O–H groups in total. The van der Waals surface area contributed by atoms with Crippen LogP contribution in [0.2, 0.25) is 0 Å². The summed E-state index contributed by atoms with van der Waals surface area (Å²) in [6.45, 7) is 3.89. The molecule has 4 aromatic rings. The van der Waals surface area contributed by atoms with E-state index in [1.165, 1.54) is 57.7 Å². The van der Waals surface area contributed by atoms with Gasteiger partial charge in [-0.05, 0) is 80.1 Å². The molecule has 4 aromatic heterocycles. The molecule has 0 spiro atoms. The van der Waals surface area contributed by atoms with Crippen LogP contribution in [-0.4, -0.2) is 58.6 Å². The van der Waals surface area contributed by atoms with E-state index in [0.29, 0.717) is 39.5 Å². The van der Waals surface area contributed by atoms with E-state index < -0.39 is 5.82 Å². The maximum atomic E-state index is 14.8. The molecular formula is C31H32FN7O2S. The van der Waals surface area contributed by atoms with E-state index in [1.807, 2.05) is 24.4 Å². The van der Waals surface area contributed by atoms with Gasteiger partial charge in [0.2, 0.25) is 0 Å². The molecule has 1 saturated carbocycles. The fourth-order valence-corrected chi connectivity index (χ4v) is 7.61. The number of nitrogens with zero attached hydrogens (tertiary/aromatic N) is 5. The number of likely N-dealkylation sites (N-methyl/N-ethyl adjacent to an activating group) is 1. The lowest BCUT2D eigenvalue weighted by atomic mass is 9.99. The lowest BCUT2D eigenvalue weighted by molar-refractivity contribution is 0.102. The molecule has 0 unspecified atom stereocenters. The summed E-state index contributed by atoms with van der Waals surface area (Å²) in [5.41, 5.74) is 3.43. The summed E-state index contributed by atoms with van der Waals surface area (Å²) in [6, 6.07) is 10.3. The summed E-state index contributed by atoms with van der Waals surface area (Å²) in [5.74, 6) is 0.540. The molecular weight excluding hydrogens is 553 g/mol. The number of nitrogens with one attached hydrogen (secondary N) is 2. The number of hydrogen-bond donors (Lipinski definition) is 2. The van der Waals surface area contributed by atoms with Crippen molar-refractivity contribution >= 4 is 40.3 Å². The first-order valence-electron chi connectivity index (χ1n) is 14.3. The van der Waals surface area contributed by atoms with Gasteiger partial charge in [-0.3, -0.25) is 9.59 Å². The number of aryl methyl sites for hydroxylation is 1. The number of aromatic nitrogens is 3. The average Bonchev–Trinajstić information content (AvgIpc) is 3.72. The first-order valence-corrected chi connectivity index (χ1v) is 15.1. The van der Waals surface area contributed by atoms with Crippen molar-refractivity contribution in [2.24, 2.45) is 7.05 Å². The molecule has 2 atom stereocenters. The Balaban J connectivity index is 1.10. The summed E-state index contributed by atoms with van der Waals surface area (Å²) in [6.07, 6.45) is 7.01. The van der Waals surface area contributed by atoms with Gasteiger partial charge in [-0.2, -0.15) is 0 Å². The molecule has 2 fully saturated rings. The minimum Gasteiger partial charge on any atom is -0.368 e. The lowest BCUT2D eigenvalue weighted by Gasteiger charge is -2.33. The van der Waals surface area contributed by atoms with Crippen LogP contribution in [-0.2, 0) is 7.05 Å². The van der Waals surface area contributed by atoms with Crippen molar-refractivity contribution in [1.82, 2.24) is 19.4 Å². The van der Waals surface area contributed by atoms with Crippen molar-refractivity contribution in [2.75, 3.05) is 48.8 Å². The summed E-state index contributed by atoms with van der Waals surface area (Å²) in [7, 11) is 3.77. The van der Waals surface area contributed by atoms with Crippen LogP contribution in [0.4, 0.5) is 27.4 Å². The highest BCUT2D eigenvalue weighted by Crippen LogP contribution is 2.55. The molecule has 3 aliphatic rings. The zero-order chi connectivity index (χ0) is 29.0. The average molecular weight is 586 g/mol. The quantitative estimate of drug-likeness (QED) is 0.323. The largest absolute Gasteiger partial charge is 0.368 e. The Labute approximate surface area is 247 Å². The molecule has 5 heterocycles. The van der Waals surface area contributed by atoms with Crippen molar-refractivity contribution in [3.63, 3.8) is 0 Å². The van der Waals surface area contributed by atoms with Crippen LogP contribution in [0.3, 0.4) is 0 Å². The Bertz CT molecular complexity index is 1700. The lowest BCUT2D eigenvalue weighted by Crippen LogP contribution is -2.44. The third kappa shape index (κ3) is 4.96. The van der Waals surface area contributed by atoms with Gasteiger partial charge in [0.25, 0.3) is 11.5 Å². The molecule has 0 aromatic carbocycles. The predicted octanol–water partition coefficient (Wildman–Crippen LogP) is 5.16. The zero-order valence-electron chi connectivity index (χ0n) is 23.6. The van der Waals surface area contributed by atoms with Crippen molar-refractivity contribution in [2.45, 2.75) is 31.1 Å². The molecule has 1 aliphatic heterocycles. The van der Waals surface area contributed by atoms with Gasteiger partial charge in [0.1, 0.15) is 11.5 Å². The molecule has 0 radical (unpaired) electrons. The summed E-state index contributed by atoms with van der Waals surface area (Å²) in [4.78, 5) is 41.5. The first-order chi connectivity index (χ1) is 20.3. The molecule has 11 heteroatoms. The number of piperazine rings is 1. The number of anilines is 4. The number of carbonyl (C=O) groups is 1. The molecule has 42 heavy (non-hydrogen) atoms. The Morgan fingerprint density at radius 3 is 2.62 bits per heavy atom. The second-order valence-electron chi connectivity index (χ2n) is 11.5. The predicted molar refractivity (Wildman–Crippen MR) is 164 cm³/mol. The van der Waals surface area contributed by atoms with Gasteiger partial charge in [-0.1, -0.05) is 0 Å². The number of amides is 1. The fraction of sp³-hybridized carbons (Fsp3) is 0.355. The number of halogens is 1. The maximum Gasteiger partial charge on any atom is 0.274 e. The normalized spacial score (nSPS) is 19.6. The number of carbonyl (C=O) groups excluding carboxylic acids is 1. The summed E-state index contributed by atoms with van der Waals surface area (Å²) < 4.78 is 16.2. The third-order valence-electron chi connectivity index (χ3n) is 8.69. The molecule has 7 rings (SSSR count). The highest BCUT2D eigenvalue weighted by molar-refractivity contribution is 7.14. The van der Waals surface area contributed by atoms with Crippen LogP contribution in [0.1, 0.15) is 51.2 Å². The van der Waals surface area contributed by atoms with Gasteiger partial charge in [0.05, 0.1) is 22.5 Å². The topological polar surface area (TPSA) is 95.4 Å². The first kappa shape index (κ1) is 26.8. The highest BCUT2D eigenvalue weighted by atomic mass is 32.1. The van der Waals surface area contributed by atoms with Crippen molar-refractivity contribution < 1.29 is 9.18 Å². The number of pyridine rings is 3. The molecule has 1 amide bonds. The van der Waals surface area contributed by atoms with Gasteiger partial charge in [-0.25, -0.2) is 14.4 Å². The van der Waals surface area contributed by atoms with E-state index in [0.717, 1.165) is 31.9 Å². The van der Waals surface area contributed by atoms with E-state index in [4.69, 9.17) is 0 Å². The molecule has 2 bridgehead atoms. The second-order valence-corrected chi connectivity index (χ2v) is 12.6. The van der Waals surface area contributed by atoms with Crippen molar-refractivity contribution in [3.8, 4) is 11.3 Å². The minimum atomic E-state index is -0.621. The monoisotopic (exact) mass is 585 g/mol. The van der Waals surface area contributed by atoms with E-state index in [2.05, 4.69) is 37.4 Å². The number of rotatable bonds is 6. The Hall–Kier alpha value is -4.09. The van der Waals surface area contributed by atoms with Crippen LogP contribution in [0, 0.1) is 5.82 Å². The van der Waals surface area contributed by atoms with Gasteiger partial charge in [-0.15, -0.1) is 11.3 Å². The van der Waals surface area contributed by atoms with Gasteiger partial charge >= 0.3 is 0 Å². The molecule has 9 nitrogen and oxygen atoms in total. The van der Waals surface area contributed by atoms with Crippen LogP contribution in [0.5, 0.6) is 0 Å².